The van der Waals surface area contributed by atoms with Gasteiger partial charge in [0.2, 0.25) is 0 Å². The summed E-state index contributed by atoms with van der Waals surface area (Å²) in [6, 6.07) is 16.3. The molecule has 0 bridgehead atoms. The van der Waals surface area contributed by atoms with Crippen molar-refractivity contribution in [2.24, 2.45) is 0 Å². The molecule has 0 saturated carbocycles. The minimum Gasteiger partial charge on any atom is -0.392 e. The minimum absolute atomic E-state index is 0.0205. The molecule has 0 fully saturated rings. The second kappa shape index (κ2) is 8.16. The van der Waals surface area contributed by atoms with Crippen LogP contribution in [0.15, 0.2) is 59.1 Å². The van der Waals surface area contributed by atoms with Crippen LogP contribution in [0.3, 0.4) is 0 Å². The number of urea groups is 1. The highest BCUT2D eigenvalue weighted by Gasteiger charge is 2.21. The molecule has 146 valence electrons. The lowest BCUT2D eigenvalue weighted by Gasteiger charge is -2.14. The summed E-state index contributed by atoms with van der Waals surface area (Å²) in [6.07, 6.45) is 0. The summed E-state index contributed by atoms with van der Waals surface area (Å²) in [6.45, 7) is 6.19. The first-order chi connectivity index (χ1) is 13.3. The summed E-state index contributed by atoms with van der Waals surface area (Å²) in [5, 5.41) is 19.6. The minimum atomic E-state index is -0.351. The van der Waals surface area contributed by atoms with Gasteiger partial charge < -0.3 is 10.4 Å². The standard InChI is InChI=1S/C21H23BrN4O2/c1-21(2,3)18-12-19(24-20(28)23-16-8-6-15(22)7-9-16)26(25-18)17-10-4-14(13-27)5-11-17/h4-12,27H,13H2,1-3H3,(H2,23,24,28). The number of aromatic nitrogens is 2. The zero-order valence-electron chi connectivity index (χ0n) is 16.0. The lowest BCUT2D eigenvalue weighted by atomic mass is 9.92. The van der Waals surface area contributed by atoms with Crippen molar-refractivity contribution in [2.75, 3.05) is 10.6 Å². The molecule has 3 aromatic rings. The van der Waals surface area contributed by atoms with E-state index in [-0.39, 0.29) is 18.1 Å². The number of halogens is 1. The van der Waals surface area contributed by atoms with Gasteiger partial charge in [-0.05, 0) is 42.0 Å². The number of carbonyl (C=O) groups excluding carboxylic acids is 1. The maximum atomic E-state index is 12.5. The van der Waals surface area contributed by atoms with Gasteiger partial charge in [-0.1, -0.05) is 48.8 Å². The van der Waals surface area contributed by atoms with Gasteiger partial charge in [0.1, 0.15) is 5.82 Å². The van der Waals surface area contributed by atoms with Crippen LogP contribution in [0.1, 0.15) is 32.0 Å². The predicted molar refractivity (Wildman–Crippen MR) is 115 cm³/mol. The molecule has 2 amide bonds. The monoisotopic (exact) mass is 442 g/mol. The normalized spacial score (nSPS) is 11.3. The highest BCUT2D eigenvalue weighted by molar-refractivity contribution is 9.10. The second-order valence-corrected chi connectivity index (χ2v) is 8.40. The van der Waals surface area contributed by atoms with E-state index in [4.69, 9.17) is 0 Å². The number of aliphatic hydroxyl groups is 1. The Kier molecular flexibility index (Phi) is 5.86. The first kappa shape index (κ1) is 20.1. The van der Waals surface area contributed by atoms with Crippen molar-refractivity contribution in [3.63, 3.8) is 0 Å². The van der Waals surface area contributed by atoms with Crippen molar-refractivity contribution in [3.05, 3.63) is 70.3 Å². The number of nitrogens with zero attached hydrogens (tertiary/aromatic N) is 2. The van der Waals surface area contributed by atoms with E-state index in [1.165, 1.54) is 0 Å². The summed E-state index contributed by atoms with van der Waals surface area (Å²) in [5.74, 6) is 0.566. The second-order valence-electron chi connectivity index (χ2n) is 7.49. The predicted octanol–water partition coefficient (Wildman–Crippen LogP) is 5.07. The summed E-state index contributed by atoms with van der Waals surface area (Å²) < 4.78 is 2.64. The molecule has 28 heavy (non-hydrogen) atoms. The fourth-order valence-electron chi connectivity index (χ4n) is 2.59. The average Bonchev–Trinajstić information content (AvgIpc) is 3.08. The Hall–Kier alpha value is -2.64. The van der Waals surface area contributed by atoms with E-state index in [9.17, 15) is 9.90 Å². The maximum absolute atomic E-state index is 12.5. The van der Waals surface area contributed by atoms with E-state index < -0.39 is 0 Å². The van der Waals surface area contributed by atoms with Gasteiger partial charge in [0.15, 0.2) is 0 Å². The summed E-state index contributed by atoms with van der Waals surface area (Å²) in [4.78, 5) is 12.5. The number of hydrogen-bond donors (Lipinski definition) is 3. The summed E-state index contributed by atoms with van der Waals surface area (Å²) >= 11 is 3.38. The number of hydrogen-bond acceptors (Lipinski definition) is 3. The van der Waals surface area contributed by atoms with Crippen molar-refractivity contribution in [1.29, 1.82) is 0 Å². The Morgan fingerprint density at radius 2 is 1.71 bits per heavy atom. The zero-order valence-corrected chi connectivity index (χ0v) is 17.6. The molecule has 0 aliphatic carbocycles. The Morgan fingerprint density at radius 3 is 2.29 bits per heavy atom. The molecule has 7 heteroatoms. The Bertz CT molecular complexity index is 958. The third-order valence-corrected chi connectivity index (χ3v) is 4.71. The first-order valence-electron chi connectivity index (χ1n) is 8.90. The Balaban J connectivity index is 1.88. The quantitative estimate of drug-likeness (QED) is 0.527. The molecule has 0 atom stereocenters. The van der Waals surface area contributed by atoms with Crippen LogP contribution in [0.25, 0.3) is 5.69 Å². The Labute approximate surface area is 172 Å². The topological polar surface area (TPSA) is 79.2 Å². The highest BCUT2D eigenvalue weighted by Crippen LogP contribution is 2.26. The fourth-order valence-corrected chi connectivity index (χ4v) is 2.85. The third-order valence-electron chi connectivity index (χ3n) is 4.18. The van der Waals surface area contributed by atoms with E-state index in [1.54, 1.807) is 4.68 Å². The van der Waals surface area contributed by atoms with Crippen LogP contribution < -0.4 is 10.6 Å². The number of benzene rings is 2. The van der Waals surface area contributed by atoms with Crippen molar-refractivity contribution < 1.29 is 9.90 Å². The van der Waals surface area contributed by atoms with Gasteiger partial charge in [-0.15, -0.1) is 0 Å². The molecule has 0 aliphatic heterocycles. The molecule has 0 aliphatic rings. The van der Waals surface area contributed by atoms with Gasteiger partial charge in [-0.3, -0.25) is 5.32 Å². The number of carbonyl (C=O) groups is 1. The molecule has 6 nitrogen and oxygen atoms in total. The van der Waals surface area contributed by atoms with E-state index in [0.29, 0.717) is 11.5 Å². The summed E-state index contributed by atoms with van der Waals surface area (Å²) in [7, 11) is 0. The van der Waals surface area contributed by atoms with Crippen molar-refractivity contribution in [2.45, 2.75) is 32.8 Å². The van der Waals surface area contributed by atoms with Crippen LogP contribution in [-0.2, 0) is 12.0 Å². The van der Waals surface area contributed by atoms with Gasteiger partial charge in [0, 0.05) is 21.6 Å². The number of rotatable bonds is 4. The van der Waals surface area contributed by atoms with Crippen LogP contribution in [0.2, 0.25) is 0 Å². The molecular weight excluding hydrogens is 420 g/mol. The molecule has 0 radical (unpaired) electrons. The van der Waals surface area contributed by atoms with E-state index in [2.05, 4.69) is 52.4 Å². The fraction of sp³-hybridized carbons (Fsp3) is 0.238. The van der Waals surface area contributed by atoms with Crippen LogP contribution in [0, 0.1) is 0 Å². The van der Waals surface area contributed by atoms with Crippen LogP contribution in [0.4, 0.5) is 16.3 Å². The zero-order chi connectivity index (χ0) is 20.3. The van der Waals surface area contributed by atoms with Crippen molar-refractivity contribution in [3.8, 4) is 5.69 Å². The Morgan fingerprint density at radius 1 is 1.07 bits per heavy atom. The smallest absolute Gasteiger partial charge is 0.324 e. The average molecular weight is 443 g/mol. The van der Waals surface area contributed by atoms with Gasteiger partial charge in [0.25, 0.3) is 0 Å². The van der Waals surface area contributed by atoms with E-state index in [0.717, 1.165) is 21.4 Å². The van der Waals surface area contributed by atoms with Crippen molar-refractivity contribution >= 4 is 33.5 Å². The largest absolute Gasteiger partial charge is 0.392 e. The van der Waals surface area contributed by atoms with Gasteiger partial charge in [-0.2, -0.15) is 5.10 Å². The highest BCUT2D eigenvalue weighted by atomic mass is 79.9. The summed E-state index contributed by atoms with van der Waals surface area (Å²) in [5.41, 5.74) is 2.99. The molecule has 0 saturated heterocycles. The van der Waals surface area contributed by atoms with Crippen LogP contribution in [0.5, 0.6) is 0 Å². The molecule has 1 heterocycles. The maximum Gasteiger partial charge on any atom is 0.324 e. The van der Waals surface area contributed by atoms with Crippen molar-refractivity contribution in [1.82, 2.24) is 9.78 Å². The van der Waals surface area contributed by atoms with E-state index in [1.807, 2.05) is 54.6 Å². The van der Waals surface area contributed by atoms with E-state index >= 15 is 0 Å². The molecule has 1 aromatic heterocycles. The van der Waals surface area contributed by atoms with Gasteiger partial charge >= 0.3 is 6.03 Å². The van der Waals surface area contributed by atoms with Crippen LogP contribution in [-0.4, -0.2) is 20.9 Å². The first-order valence-corrected chi connectivity index (χ1v) is 9.70. The van der Waals surface area contributed by atoms with Gasteiger partial charge in [-0.25, -0.2) is 9.48 Å². The number of nitrogens with one attached hydrogen (secondary N) is 2. The molecular formula is C21H23BrN4O2. The molecule has 3 rings (SSSR count). The molecule has 0 spiro atoms. The third kappa shape index (κ3) is 4.79. The number of aliphatic hydroxyl groups excluding tert-OH is 1. The van der Waals surface area contributed by atoms with Crippen LogP contribution >= 0.6 is 15.9 Å². The molecule has 2 aromatic carbocycles. The molecule has 0 unspecified atom stereocenters. The molecule has 3 N–H and O–H groups in total. The SMILES string of the molecule is CC(C)(C)c1cc(NC(=O)Nc2ccc(Br)cc2)n(-c2ccc(CO)cc2)n1. The number of anilines is 2. The van der Waals surface area contributed by atoms with Gasteiger partial charge in [0.05, 0.1) is 18.0 Å². The lowest BCUT2D eigenvalue weighted by molar-refractivity contribution is 0.262. The lowest BCUT2D eigenvalue weighted by Crippen LogP contribution is -2.21. The number of amides is 2.